The van der Waals surface area contributed by atoms with Crippen LogP contribution in [0.5, 0.6) is 0 Å². The molecule has 0 amide bonds. The zero-order valence-corrected chi connectivity index (χ0v) is 29.9. The molecule has 0 bridgehead atoms. The van der Waals surface area contributed by atoms with Crippen LogP contribution in [0.3, 0.4) is 0 Å². The first-order valence-corrected chi connectivity index (χ1v) is 19.6. The van der Waals surface area contributed by atoms with Gasteiger partial charge in [0.25, 0.3) is 0 Å². The van der Waals surface area contributed by atoms with E-state index in [0.29, 0.717) is 16.2 Å². The average Bonchev–Trinajstić information content (AvgIpc) is 3.56. The molecule has 0 aromatic rings. The molecule has 6 aliphatic carbocycles. The number of hydrogen-bond donors (Lipinski definition) is 2. The SMILES string of the molecule is C=C(N)C[C@H](C(C)C)C1CCC2C(C1)CC1[C@@H]3CCC4C(C)(C)[C@@H](C(C)C5CCCNC5)CC[C@@]45CC35CC[C@]21C.CC. The zero-order valence-electron chi connectivity index (χ0n) is 29.9. The highest BCUT2D eigenvalue weighted by Gasteiger charge is 2.80. The monoisotopic (exact) mass is 593 g/mol. The van der Waals surface area contributed by atoms with Crippen molar-refractivity contribution in [2.45, 2.75) is 145 Å². The summed E-state index contributed by atoms with van der Waals surface area (Å²) in [4.78, 5) is 0. The lowest BCUT2D eigenvalue weighted by Gasteiger charge is -2.61. The molecule has 2 heteroatoms. The van der Waals surface area contributed by atoms with E-state index in [4.69, 9.17) is 5.73 Å². The van der Waals surface area contributed by atoms with E-state index < -0.39 is 0 Å². The number of nitrogens with one attached hydrogen (secondary N) is 1. The molecule has 3 N–H and O–H groups in total. The smallest absolute Gasteiger partial charge is 0.00104 e. The third-order valence-corrected chi connectivity index (χ3v) is 16.9. The highest BCUT2D eigenvalue weighted by atomic mass is 14.9. The van der Waals surface area contributed by atoms with Crippen molar-refractivity contribution < 1.29 is 0 Å². The fraction of sp³-hybridized carbons (Fsp3) is 0.951. The van der Waals surface area contributed by atoms with E-state index in [9.17, 15) is 0 Å². The number of nitrogens with two attached hydrogens (primary N) is 1. The van der Waals surface area contributed by atoms with Gasteiger partial charge >= 0.3 is 0 Å². The van der Waals surface area contributed by atoms with Crippen LogP contribution in [0.4, 0.5) is 0 Å². The van der Waals surface area contributed by atoms with Gasteiger partial charge in [0.1, 0.15) is 0 Å². The Kier molecular flexibility index (Phi) is 8.78. The summed E-state index contributed by atoms with van der Waals surface area (Å²) < 4.78 is 0. The summed E-state index contributed by atoms with van der Waals surface area (Å²) in [6, 6.07) is 0. The summed E-state index contributed by atoms with van der Waals surface area (Å²) in [7, 11) is 0. The second-order valence-electron chi connectivity index (χ2n) is 18.7. The summed E-state index contributed by atoms with van der Waals surface area (Å²) in [5, 5.41) is 3.75. The van der Waals surface area contributed by atoms with E-state index in [2.05, 4.69) is 53.4 Å². The van der Waals surface area contributed by atoms with Crippen LogP contribution in [-0.4, -0.2) is 13.1 Å². The second-order valence-corrected chi connectivity index (χ2v) is 18.7. The van der Waals surface area contributed by atoms with Gasteiger partial charge < -0.3 is 11.1 Å². The molecule has 1 aliphatic heterocycles. The maximum atomic E-state index is 6.19. The first kappa shape index (κ1) is 32.4. The third kappa shape index (κ3) is 4.85. The lowest BCUT2D eigenvalue weighted by Crippen LogP contribution is -2.54. The predicted molar refractivity (Wildman–Crippen MR) is 184 cm³/mol. The molecule has 246 valence electrons. The van der Waals surface area contributed by atoms with Gasteiger partial charge in [0.2, 0.25) is 0 Å². The Bertz CT molecular complexity index is 1010. The fourth-order valence-electron chi connectivity index (χ4n) is 15.2. The minimum Gasteiger partial charge on any atom is -0.403 e. The van der Waals surface area contributed by atoms with Gasteiger partial charge in [-0.15, -0.1) is 0 Å². The molecule has 8 unspecified atom stereocenters. The van der Waals surface area contributed by atoms with Crippen molar-refractivity contribution in [3.8, 4) is 0 Å². The van der Waals surface area contributed by atoms with E-state index in [0.717, 1.165) is 82.6 Å². The van der Waals surface area contributed by atoms with Crippen molar-refractivity contribution >= 4 is 0 Å². The maximum Gasteiger partial charge on any atom is 0.00104 e. The molecule has 6 saturated carbocycles. The van der Waals surface area contributed by atoms with Crippen LogP contribution >= 0.6 is 0 Å². The van der Waals surface area contributed by atoms with Crippen LogP contribution < -0.4 is 11.1 Å². The van der Waals surface area contributed by atoms with Gasteiger partial charge in [-0.3, -0.25) is 0 Å². The molecular weight excluding hydrogens is 520 g/mol. The summed E-state index contributed by atoms with van der Waals surface area (Å²) in [6.07, 6.45) is 20.9. The molecule has 0 radical (unpaired) electrons. The van der Waals surface area contributed by atoms with Crippen molar-refractivity contribution in [1.82, 2.24) is 5.32 Å². The first-order chi connectivity index (χ1) is 20.4. The van der Waals surface area contributed by atoms with Crippen molar-refractivity contribution in [3.05, 3.63) is 12.3 Å². The Morgan fingerprint density at radius 3 is 2.26 bits per heavy atom. The van der Waals surface area contributed by atoms with E-state index in [1.54, 1.807) is 44.9 Å². The molecule has 2 nitrogen and oxygen atoms in total. The quantitative estimate of drug-likeness (QED) is 0.322. The number of hydrogen-bond acceptors (Lipinski definition) is 2. The van der Waals surface area contributed by atoms with E-state index >= 15 is 0 Å². The van der Waals surface area contributed by atoms with Crippen molar-refractivity contribution in [3.63, 3.8) is 0 Å². The highest BCUT2D eigenvalue weighted by Crippen LogP contribution is 2.88. The standard InChI is InChI=1S/C39H66N2.C2H6/c1-24(2)30(19-25(3)40)27-10-11-32-29(20-27)21-34-33-12-13-35-36(5,6)31(26(4)28-9-8-18-41-22-28)14-15-39(35)23-38(33,39)17-16-37(32,34)7;1-2/h24,26-35,41H,3,8-23,40H2,1-2,4-7H3;1-2H3/t26?,27?,28?,29?,30-,31-,32?,33+,34?,35?,37-,38?,39-;/m1./s1. The molecule has 0 aromatic carbocycles. The van der Waals surface area contributed by atoms with Crippen LogP contribution in [-0.2, 0) is 0 Å². The summed E-state index contributed by atoms with van der Waals surface area (Å²) in [5.41, 5.74) is 9.68. The molecule has 7 fully saturated rings. The Labute approximate surface area is 268 Å². The Hall–Kier alpha value is -0.500. The number of allylic oxidation sites excluding steroid dienone is 1. The average molecular weight is 593 g/mol. The lowest BCUT2D eigenvalue weighted by molar-refractivity contribution is -0.123. The van der Waals surface area contributed by atoms with Gasteiger partial charge in [-0.1, -0.05) is 62.0 Å². The van der Waals surface area contributed by atoms with E-state index in [-0.39, 0.29) is 0 Å². The van der Waals surface area contributed by atoms with E-state index in [1.165, 1.54) is 51.6 Å². The van der Waals surface area contributed by atoms with Crippen molar-refractivity contribution in [1.29, 1.82) is 0 Å². The van der Waals surface area contributed by atoms with Gasteiger partial charge in [-0.05, 0) is 190 Å². The summed E-state index contributed by atoms with van der Waals surface area (Å²) in [6.45, 7) is 26.5. The number of fused-ring (bicyclic) bond motifs is 4. The van der Waals surface area contributed by atoms with E-state index in [1.807, 2.05) is 13.8 Å². The Balaban J connectivity index is 0.00000161. The molecule has 7 rings (SSSR count). The maximum absolute atomic E-state index is 6.19. The molecule has 43 heavy (non-hydrogen) atoms. The molecule has 0 aromatic heterocycles. The zero-order chi connectivity index (χ0) is 30.9. The summed E-state index contributed by atoms with van der Waals surface area (Å²) in [5.74, 6) is 10.1. The minimum atomic E-state index is 0.514. The van der Waals surface area contributed by atoms with Crippen LogP contribution in [0.15, 0.2) is 12.3 Å². The fourth-order valence-corrected chi connectivity index (χ4v) is 15.2. The normalized spacial score (nSPS) is 49.1. The highest BCUT2D eigenvalue weighted by molar-refractivity contribution is 5.29. The molecule has 2 spiro atoms. The van der Waals surface area contributed by atoms with Crippen LogP contribution in [0, 0.1) is 86.8 Å². The first-order valence-electron chi connectivity index (χ1n) is 19.6. The van der Waals surface area contributed by atoms with Gasteiger partial charge in [-0.25, -0.2) is 0 Å². The third-order valence-electron chi connectivity index (χ3n) is 16.9. The predicted octanol–water partition coefficient (Wildman–Crippen LogP) is 10.5. The van der Waals surface area contributed by atoms with Crippen molar-refractivity contribution in [2.75, 3.05) is 13.1 Å². The number of rotatable bonds is 6. The Morgan fingerprint density at radius 1 is 0.837 bits per heavy atom. The molecule has 1 heterocycles. The summed E-state index contributed by atoms with van der Waals surface area (Å²) >= 11 is 0. The molecular formula is C41H72N2. The lowest BCUT2D eigenvalue weighted by atomic mass is 9.44. The molecule has 13 atom stereocenters. The molecule has 1 saturated heterocycles. The van der Waals surface area contributed by atoms with Gasteiger partial charge in [0.15, 0.2) is 0 Å². The van der Waals surface area contributed by atoms with Crippen LogP contribution in [0.1, 0.15) is 145 Å². The molecule has 7 aliphatic rings. The largest absolute Gasteiger partial charge is 0.403 e. The van der Waals surface area contributed by atoms with Gasteiger partial charge in [0.05, 0.1) is 0 Å². The Morgan fingerprint density at radius 2 is 1.58 bits per heavy atom. The second kappa shape index (κ2) is 11.6. The van der Waals surface area contributed by atoms with Crippen LogP contribution in [0.2, 0.25) is 0 Å². The van der Waals surface area contributed by atoms with Crippen molar-refractivity contribution in [2.24, 2.45) is 92.5 Å². The topological polar surface area (TPSA) is 38.0 Å². The minimum absolute atomic E-state index is 0.514. The van der Waals surface area contributed by atoms with Crippen LogP contribution in [0.25, 0.3) is 0 Å². The number of piperidine rings is 1. The van der Waals surface area contributed by atoms with Gasteiger partial charge in [-0.2, -0.15) is 0 Å². The van der Waals surface area contributed by atoms with Gasteiger partial charge in [0, 0.05) is 5.70 Å².